The molecule has 0 aromatic carbocycles. The van der Waals surface area contributed by atoms with Crippen molar-refractivity contribution in [1.29, 1.82) is 0 Å². The van der Waals surface area contributed by atoms with E-state index in [-0.39, 0.29) is 0 Å². The predicted octanol–water partition coefficient (Wildman–Crippen LogP) is 1.95. The van der Waals surface area contributed by atoms with E-state index >= 15 is 0 Å². The molecule has 2 N–H and O–H groups in total. The van der Waals surface area contributed by atoms with Gasteiger partial charge in [0.1, 0.15) is 0 Å². The Balaban J connectivity index is 2.13. The van der Waals surface area contributed by atoms with Gasteiger partial charge in [-0.05, 0) is 44.2 Å². The normalized spacial score (nSPS) is 28.1. The Kier molecular flexibility index (Phi) is 4.90. The zero-order valence-corrected chi connectivity index (χ0v) is 10.00. The molecule has 0 bridgehead atoms. The highest BCUT2D eigenvalue weighted by atomic mass is 15.1. The van der Waals surface area contributed by atoms with Gasteiger partial charge in [0.05, 0.1) is 0 Å². The molecule has 0 amide bonds. The van der Waals surface area contributed by atoms with Crippen LogP contribution in [0.1, 0.15) is 33.1 Å². The molecule has 0 spiro atoms. The molecule has 84 valence electrons. The van der Waals surface area contributed by atoms with Gasteiger partial charge in [0, 0.05) is 13.1 Å². The van der Waals surface area contributed by atoms with Gasteiger partial charge in [-0.25, -0.2) is 0 Å². The van der Waals surface area contributed by atoms with Crippen molar-refractivity contribution in [2.24, 2.45) is 23.5 Å². The first-order valence-corrected chi connectivity index (χ1v) is 6.06. The van der Waals surface area contributed by atoms with Crippen LogP contribution in [0.3, 0.4) is 0 Å². The van der Waals surface area contributed by atoms with Gasteiger partial charge in [-0.1, -0.05) is 20.3 Å². The summed E-state index contributed by atoms with van der Waals surface area (Å²) in [5, 5.41) is 0. The third-order valence-corrected chi connectivity index (χ3v) is 3.42. The van der Waals surface area contributed by atoms with Gasteiger partial charge in [-0.3, -0.25) is 0 Å². The van der Waals surface area contributed by atoms with Crippen molar-refractivity contribution in [2.75, 3.05) is 26.7 Å². The van der Waals surface area contributed by atoms with Crippen LogP contribution < -0.4 is 5.73 Å². The SMILES string of the molecule is CCCC(CN)CN(C)CC1CC1C. The number of hydrogen-bond donors (Lipinski definition) is 1. The number of rotatable bonds is 7. The maximum atomic E-state index is 5.75. The van der Waals surface area contributed by atoms with Gasteiger partial charge in [0.2, 0.25) is 0 Å². The molecular weight excluding hydrogens is 172 g/mol. The molecule has 14 heavy (non-hydrogen) atoms. The van der Waals surface area contributed by atoms with Crippen molar-refractivity contribution in [3.05, 3.63) is 0 Å². The summed E-state index contributed by atoms with van der Waals surface area (Å²) in [5.74, 6) is 2.65. The zero-order chi connectivity index (χ0) is 10.6. The molecular formula is C12H26N2. The Morgan fingerprint density at radius 1 is 1.50 bits per heavy atom. The van der Waals surface area contributed by atoms with E-state index in [1.54, 1.807) is 0 Å². The maximum Gasteiger partial charge on any atom is 0.00188 e. The Labute approximate surface area is 88.8 Å². The molecule has 1 saturated carbocycles. The van der Waals surface area contributed by atoms with Gasteiger partial charge in [0.15, 0.2) is 0 Å². The van der Waals surface area contributed by atoms with Gasteiger partial charge >= 0.3 is 0 Å². The van der Waals surface area contributed by atoms with Crippen molar-refractivity contribution >= 4 is 0 Å². The molecule has 1 rings (SSSR count). The lowest BCUT2D eigenvalue weighted by Gasteiger charge is -2.22. The summed E-state index contributed by atoms with van der Waals surface area (Å²) in [6, 6.07) is 0. The monoisotopic (exact) mass is 198 g/mol. The predicted molar refractivity (Wildman–Crippen MR) is 62.2 cm³/mol. The summed E-state index contributed by atoms with van der Waals surface area (Å²) in [6.45, 7) is 7.91. The standard InChI is InChI=1S/C12H26N2/c1-4-5-11(7-13)8-14(3)9-12-6-10(12)2/h10-12H,4-9,13H2,1-3H3. The van der Waals surface area contributed by atoms with Crippen molar-refractivity contribution in [3.63, 3.8) is 0 Å². The third-order valence-electron chi connectivity index (χ3n) is 3.42. The second-order valence-corrected chi connectivity index (χ2v) is 5.08. The second kappa shape index (κ2) is 5.72. The fourth-order valence-electron chi connectivity index (χ4n) is 2.26. The van der Waals surface area contributed by atoms with Gasteiger partial charge in [-0.15, -0.1) is 0 Å². The van der Waals surface area contributed by atoms with Crippen LogP contribution in [-0.4, -0.2) is 31.6 Å². The quantitative estimate of drug-likeness (QED) is 0.677. The van der Waals surface area contributed by atoms with E-state index < -0.39 is 0 Å². The summed E-state index contributed by atoms with van der Waals surface area (Å²) in [4.78, 5) is 2.47. The van der Waals surface area contributed by atoms with E-state index in [1.807, 2.05) is 0 Å². The van der Waals surface area contributed by atoms with E-state index in [4.69, 9.17) is 5.73 Å². The Hall–Kier alpha value is -0.0800. The molecule has 2 nitrogen and oxygen atoms in total. The zero-order valence-electron chi connectivity index (χ0n) is 10.00. The highest BCUT2D eigenvalue weighted by molar-refractivity contribution is 4.84. The minimum Gasteiger partial charge on any atom is -0.330 e. The summed E-state index contributed by atoms with van der Waals surface area (Å²) in [5.41, 5.74) is 5.75. The van der Waals surface area contributed by atoms with Crippen LogP contribution in [0.2, 0.25) is 0 Å². The molecule has 0 aromatic heterocycles. The molecule has 3 unspecified atom stereocenters. The Morgan fingerprint density at radius 2 is 2.14 bits per heavy atom. The molecule has 3 atom stereocenters. The fourth-order valence-corrected chi connectivity index (χ4v) is 2.26. The van der Waals surface area contributed by atoms with Crippen LogP contribution in [0.4, 0.5) is 0 Å². The lowest BCUT2D eigenvalue weighted by Crippen LogP contribution is -2.31. The van der Waals surface area contributed by atoms with E-state index in [2.05, 4.69) is 25.8 Å². The van der Waals surface area contributed by atoms with Crippen LogP contribution in [0.5, 0.6) is 0 Å². The van der Waals surface area contributed by atoms with E-state index in [0.717, 1.165) is 18.4 Å². The largest absolute Gasteiger partial charge is 0.330 e. The van der Waals surface area contributed by atoms with E-state index in [1.165, 1.54) is 32.4 Å². The molecule has 1 aliphatic carbocycles. The minimum atomic E-state index is 0.707. The first-order valence-electron chi connectivity index (χ1n) is 6.06. The first kappa shape index (κ1) is 12.0. The van der Waals surface area contributed by atoms with Crippen LogP contribution >= 0.6 is 0 Å². The summed E-state index contributed by atoms with van der Waals surface area (Å²) < 4.78 is 0. The highest BCUT2D eigenvalue weighted by Gasteiger charge is 2.33. The molecule has 2 heteroatoms. The summed E-state index contributed by atoms with van der Waals surface area (Å²) in [7, 11) is 2.24. The second-order valence-electron chi connectivity index (χ2n) is 5.08. The lowest BCUT2D eigenvalue weighted by atomic mass is 10.0. The van der Waals surface area contributed by atoms with Crippen LogP contribution in [0.25, 0.3) is 0 Å². The average molecular weight is 198 g/mol. The fraction of sp³-hybridized carbons (Fsp3) is 1.00. The Bertz CT molecular complexity index is 158. The van der Waals surface area contributed by atoms with Gasteiger partial charge in [0.25, 0.3) is 0 Å². The van der Waals surface area contributed by atoms with Gasteiger partial charge < -0.3 is 10.6 Å². The minimum absolute atomic E-state index is 0.707. The van der Waals surface area contributed by atoms with Crippen LogP contribution in [0.15, 0.2) is 0 Å². The van der Waals surface area contributed by atoms with E-state index in [0.29, 0.717) is 5.92 Å². The molecule has 1 fully saturated rings. The maximum absolute atomic E-state index is 5.75. The first-order chi connectivity index (χ1) is 6.67. The van der Waals surface area contributed by atoms with Crippen molar-refractivity contribution < 1.29 is 0 Å². The third kappa shape index (κ3) is 3.97. The van der Waals surface area contributed by atoms with Crippen LogP contribution in [-0.2, 0) is 0 Å². The molecule has 0 aromatic rings. The number of hydrogen-bond acceptors (Lipinski definition) is 2. The van der Waals surface area contributed by atoms with Crippen LogP contribution in [0, 0.1) is 17.8 Å². The molecule has 0 aliphatic heterocycles. The summed E-state index contributed by atoms with van der Waals surface area (Å²) >= 11 is 0. The molecule has 0 heterocycles. The molecule has 0 saturated heterocycles. The van der Waals surface area contributed by atoms with Gasteiger partial charge in [-0.2, -0.15) is 0 Å². The van der Waals surface area contributed by atoms with Crippen molar-refractivity contribution in [1.82, 2.24) is 4.90 Å². The molecule has 0 radical (unpaired) electrons. The topological polar surface area (TPSA) is 29.3 Å². The smallest absolute Gasteiger partial charge is 0.00188 e. The number of nitrogens with zero attached hydrogens (tertiary/aromatic N) is 1. The van der Waals surface area contributed by atoms with E-state index in [9.17, 15) is 0 Å². The molecule has 1 aliphatic rings. The number of nitrogens with two attached hydrogens (primary N) is 1. The van der Waals surface area contributed by atoms with Crippen molar-refractivity contribution in [2.45, 2.75) is 33.1 Å². The average Bonchev–Trinajstić information content (AvgIpc) is 2.80. The summed E-state index contributed by atoms with van der Waals surface area (Å²) in [6.07, 6.45) is 3.97. The van der Waals surface area contributed by atoms with Crippen molar-refractivity contribution in [3.8, 4) is 0 Å². The Morgan fingerprint density at radius 3 is 2.57 bits per heavy atom. The lowest BCUT2D eigenvalue weighted by molar-refractivity contribution is 0.257. The highest BCUT2D eigenvalue weighted by Crippen LogP contribution is 2.38.